The Bertz CT molecular complexity index is 4190. The lowest BCUT2D eigenvalue weighted by Crippen LogP contribution is -2.14. The largest absolute Gasteiger partial charge is 0.455 e. The van der Waals surface area contributed by atoms with Gasteiger partial charge < -0.3 is 13.9 Å². The van der Waals surface area contributed by atoms with Crippen LogP contribution < -0.4 is 4.90 Å². The fourth-order valence-corrected chi connectivity index (χ4v) is 11.6. The highest BCUT2D eigenvalue weighted by atomic mass is 16.3. The Morgan fingerprint density at radius 2 is 1.00 bits per heavy atom. The molecule has 0 unspecified atom stereocenters. The first-order chi connectivity index (χ1) is 34.5. The molecule has 14 rings (SSSR count). The number of hydrogen-bond acceptors (Lipinski definition) is 2. The van der Waals surface area contributed by atoms with Crippen molar-refractivity contribution in [3.05, 3.63) is 254 Å². The Morgan fingerprint density at radius 3 is 1.83 bits per heavy atom. The van der Waals surface area contributed by atoms with Crippen molar-refractivity contribution in [1.82, 2.24) is 4.57 Å². The molecule has 13 aromatic rings. The zero-order chi connectivity index (χ0) is 46.5. The summed E-state index contributed by atoms with van der Waals surface area (Å²) in [5, 5.41) is 7.02. The van der Waals surface area contributed by atoms with Crippen LogP contribution in [0.25, 0.3) is 105 Å². The number of aromatic nitrogens is 1. The minimum absolute atomic E-state index is 0.112. The van der Waals surface area contributed by atoms with Gasteiger partial charge in [0.2, 0.25) is 0 Å². The molecular formula is C67H46N2O. The van der Waals surface area contributed by atoms with Crippen molar-refractivity contribution in [3.8, 4) is 50.2 Å². The van der Waals surface area contributed by atoms with E-state index >= 15 is 0 Å². The van der Waals surface area contributed by atoms with Gasteiger partial charge in [0.1, 0.15) is 11.2 Å². The molecule has 0 saturated heterocycles. The Kier molecular flexibility index (Phi) is 8.93. The number of furan rings is 1. The van der Waals surface area contributed by atoms with Gasteiger partial charge in [-0.25, -0.2) is 0 Å². The summed E-state index contributed by atoms with van der Waals surface area (Å²) in [6.45, 7) is 4.71. The summed E-state index contributed by atoms with van der Waals surface area (Å²) in [6.07, 6.45) is 0. The molecule has 2 aromatic heterocycles. The zero-order valence-electron chi connectivity index (χ0n) is 38.9. The van der Waals surface area contributed by atoms with E-state index in [0.29, 0.717) is 0 Å². The number of rotatable bonds is 7. The molecule has 11 aromatic carbocycles. The van der Waals surface area contributed by atoms with Gasteiger partial charge in [0, 0.05) is 55.0 Å². The van der Waals surface area contributed by atoms with E-state index in [1.165, 1.54) is 49.4 Å². The maximum absolute atomic E-state index is 6.99. The molecule has 0 spiro atoms. The summed E-state index contributed by atoms with van der Waals surface area (Å²) in [7, 11) is 0. The van der Waals surface area contributed by atoms with Gasteiger partial charge in [-0.05, 0) is 116 Å². The number of hydrogen-bond donors (Lipinski definition) is 0. The molecule has 0 aliphatic heterocycles. The van der Waals surface area contributed by atoms with E-state index < -0.39 is 0 Å². The third-order valence-electron chi connectivity index (χ3n) is 15.0. The highest BCUT2D eigenvalue weighted by molar-refractivity contribution is 6.14. The molecule has 0 N–H and O–H groups in total. The monoisotopic (exact) mass is 894 g/mol. The van der Waals surface area contributed by atoms with Crippen molar-refractivity contribution in [1.29, 1.82) is 0 Å². The van der Waals surface area contributed by atoms with Crippen LogP contribution in [0.5, 0.6) is 0 Å². The van der Waals surface area contributed by atoms with Gasteiger partial charge in [-0.2, -0.15) is 0 Å². The third-order valence-corrected chi connectivity index (χ3v) is 15.0. The minimum Gasteiger partial charge on any atom is -0.455 e. The van der Waals surface area contributed by atoms with Crippen LogP contribution in [0.2, 0.25) is 0 Å². The highest BCUT2D eigenvalue weighted by Gasteiger charge is 2.35. The van der Waals surface area contributed by atoms with Crippen LogP contribution in [0.4, 0.5) is 17.1 Å². The highest BCUT2D eigenvalue weighted by Crippen LogP contribution is 2.51. The molecule has 0 atom stereocenters. The molecule has 3 nitrogen and oxygen atoms in total. The van der Waals surface area contributed by atoms with Crippen molar-refractivity contribution < 1.29 is 4.42 Å². The second-order valence-electron chi connectivity index (χ2n) is 19.3. The number of nitrogens with zero attached hydrogens (tertiary/aromatic N) is 2. The van der Waals surface area contributed by atoms with Crippen molar-refractivity contribution in [2.24, 2.45) is 0 Å². The van der Waals surface area contributed by atoms with Crippen molar-refractivity contribution >= 4 is 71.6 Å². The van der Waals surface area contributed by atoms with E-state index in [4.69, 9.17) is 4.42 Å². The number of benzene rings is 11. The standard InChI is InChI=1S/C67H46N2O/c1-67(2)59-28-11-5-23-51(59)52-37-36-46(40-60(52)67)45-20-17-21-48(39-45)68(61-29-12-6-22-50(61)47-35-34-43-18-3-4-19-44(43)38-47)49-41-57(66-58(42-49)56-27-10-16-33-65(56)70-66)55-26-9-15-32-64(55)69-62-30-13-7-24-53(62)54-25-8-14-31-63(54)69/h3-42H,1-2H3. The Labute approximate surface area is 406 Å². The van der Waals surface area contributed by atoms with Crippen LogP contribution in [0.3, 0.4) is 0 Å². The molecule has 0 fully saturated rings. The number of anilines is 3. The van der Waals surface area contributed by atoms with Gasteiger partial charge in [0.05, 0.1) is 22.4 Å². The fraction of sp³-hybridized carbons (Fsp3) is 0.0448. The van der Waals surface area contributed by atoms with E-state index in [9.17, 15) is 0 Å². The molecule has 0 bridgehead atoms. The van der Waals surface area contributed by atoms with Crippen LogP contribution in [-0.4, -0.2) is 4.57 Å². The first kappa shape index (κ1) is 40.2. The first-order valence-electron chi connectivity index (χ1n) is 24.2. The number of fused-ring (bicyclic) bond motifs is 10. The second-order valence-corrected chi connectivity index (χ2v) is 19.3. The summed E-state index contributed by atoms with van der Waals surface area (Å²) in [5.74, 6) is 0. The Balaban J connectivity index is 1.03. The molecular weight excluding hydrogens is 849 g/mol. The van der Waals surface area contributed by atoms with Gasteiger partial charge in [-0.3, -0.25) is 0 Å². The van der Waals surface area contributed by atoms with Crippen molar-refractivity contribution in [3.63, 3.8) is 0 Å². The quantitative estimate of drug-likeness (QED) is 0.159. The predicted molar refractivity (Wildman–Crippen MR) is 294 cm³/mol. The Morgan fingerprint density at radius 1 is 0.371 bits per heavy atom. The summed E-state index contributed by atoms with van der Waals surface area (Å²) in [4.78, 5) is 2.47. The molecule has 0 amide bonds. The van der Waals surface area contributed by atoms with Crippen molar-refractivity contribution in [2.75, 3.05) is 4.90 Å². The second kappa shape index (κ2) is 15.6. The van der Waals surface area contributed by atoms with E-state index in [2.05, 4.69) is 266 Å². The lowest BCUT2D eigenvalue weighted by molar-refractivity contribution is 0.660. The van der Waals surface area contributed by atoms with Crippen LogP contribution in [0.1, 0.15) is 25.0 Å². The SMILES string of the molecule is CC1(C)c2ccccc2-c2ccc(-c3cccc(N(c4cc(-c5ccccc5-n5c6ccccc6c6ccccc65)c5oc6ccccc6c5c4)c4ccccc4-c4ccc5ccccc5c4)c3)cc21. The van der Waals surface area contributed by atoms with Gasteiger partial charge in [0.15, 0.2) is 0 Å². The van der Waals surface area contributed by atoms with Gasteiger partial charge in [-0.1, -0.05) is 190 Å². The van der Waals surface area contributed by atoms with E-state index in [1.54, 1.807) is 0 Å². The summed E-state index contributed by atoms with van der Waals surface area (Å²) < 4.78 is 9.42. The maximum Gasteiger partial charge on any atom is 0.143 e. The zero-order valence-corrected chi connectivity index (χ0v) is 38.9. The minimum atomic E-state index is -0.112. The lowest BCUT2D eigenvalue weighted by Gasteiger charge is -2.29. The molecule has 2 heterocycles. The number of para-hydroxylation sites is 5. The third kappa shape index (κ3) is 6.15. The lowest BCUT2D eigenvalue weighted by atomic mass is 9.81. The van der Waals surface area contributed by atoms with Gasteiger partial charge in [-0.15, -0.1) is 0 Å². The molecule has 1 aliphatic carbocycles. The normalized spacial score (nSPS) is 12.8. The molecule has 330 valence electrons. The van der Waals surface area contributed by atoms with E-state index in [0.717, 1.165) is 83.5 Å². The molecule has 70 heavy (non-hydrogen) atoms. The molecule has 0 saturated carbocycles. The maximum atomic E-state index is 6.99. The average Bonchev–Trinajstić information content (AvgIpc) is 4.04. The van der Waals surface area contributed by atoms with Crippen LogP contribution >= 0.6 is 0 Å². The average molecular weight is 895 g/mol. The van der Waals surface area contributed by atoms with Crippen molar-refractivity contribution in [2.45, 2.75) is 19.3 Å². The molecule has 3 heteroatoms. The molecule has 1 aliphatic rings. The summed E-state index contributed by atoms with van der Waals surface area (Å²) in [5.41, 5.74) is 20.3. The topological polar surface area (TPSA) is 21.3 Å². The van der Waals surface area contributed by atoms with Crippen LogP contribution in [0, 0.1) is 0 Å². The fourth-order valence-electron chi connectivity index (χ4n) is 11.6. The first-order valence-corrected chi connectivity index (χ1v) is 24.2. The van der Waals surface area contributed by atoms with E-state index in [-0.39, 0.29) is 5.41 Å². The summed E-state index contributed by atoms with van der Waals surface area (Å²) in [6, 6.07) is 88.8. The predicted octanol–water partition coefficient (Wildman–Crippen LogP) is 18.6. The smallest absolute Gasteiger partial charge is 0.143 e. The van der Waals surface area contributed by atoms with Crippen LogP contribution in [0.15, 0.2) is 247 Å². The van der Waals surface area contributed by atoms with E-state index in [1.807, 2.05) is 0 Å². The summed E-state index contributed by atoms with van der Waals surface area (Å²) >= 11 is 0. The molecule has 0 radical (unpaired) electrons. The van der Waals surface area contributed by atoms with Gasteiger partial charge >= 0.3 is 0 Å². The Hall–Kier alpha value is -8.92. The van der Waals surface area contributed by atoms with Gasteiger partial charge in [0.25, 0.3) is 0 Å². The van der Waals surface area contributed by atoms with Crippen LogP contribution in [-0.2, 0) is 5.41 Å².